The molecule has 27 N–H and O–H groups in total. The molecule has 0 aromatic rings. The average molecular weight is 1390 g/mol. The maximum atomic E-state index is 10.8. The van der Waals surface area contributed by atoms with Crippen LogP contribution in [-0.4, -0.2) is 244 Å². The number of rotatable bonds is 25. The first-order chi connectivity index (χ1) is 37.1. The molecule has 0 aliphatic carbocycles. The van der Waals surface area contributed by atoms with Crippen LogP contribution in [0.25, 0.3) is 0 Å². The van der Waals surface area contributed by atoms with Crippen molar-refractivity contribution in [3.8, 4) is 12.1 Å². The predicted molar refractivity (Wildman–Crippen MR) is 278 cm³/mol. The number of nitriles is 2. The van der Waals surface area contributed by atoms with Crippen molar-refractivity contribution in [2.45, 2.75) is 81.3 Å². The van der Waals surface area contributed by atoms with E-state index < -0.39 is 167 Å². The van der Waals surface area contributed by atoms with E-state index in [0.29, 0.717) is 23.5 Å². The fourth-order valence-electron chi connectivity index (χ4n) is 3.22. The van der Waals surface area contributed by atoms with Gasteiger partial charge in [0.15, 0.2) is 17.1 Å². The Morgan fingerprint density at radius 1 is 0.675 bits per heavy atom. The Balaban J connectivity index is -0.000000168. The minimum atomic E-state index is -4.93. The molecule has 0 saturated carbocycles. The van der Waals surface area contributed by atoms with E-state index in [0.717, 1.165) is 19.9 Å². The van der Waals surface area contributed by atoms with Gasteiger partial charge >= 0.3 is 83.9 Å². The molecule has 0 aliphatic rings. The van der Waals surface area contributed by atoms with Crippen LogP contribution >= 0.6 is 77.6 Å². The van der Waals surface area contributed by atoms with Crippen molar-refractivity contribution in [3.63, 3.8) is 0 Å². The molecule has 83 heavy (non-hydrogen) atoms. The van der Waals surface area contributed by atoms with Crippen molar-refractivity contribution in [1.82, 2.24) is 10.6 Å². The lowest BCUT2D eigenvalue weighted by Crippen LogP contribution is -2.43. The van der Waals surface area contributed by atoms with Crippen molar-refractivity contribution in [3.05, 3.63) is 0 Å². The van der Waals surface area contributed by atoms with Crippen LogP contribution in [0.5, 0.6) is 0 Å². The van der Waals surface area contributed by atoms with Crippen LogP contribution in [0.4, 0.5) is 0 Å². The van der Waals surface area contributed by atoms with Crippen molar-refractivity contribution in [2.75, 3.05) is 36.2 Å². The molecule has 0 rings (SSSR count). The zero-order valence-electron chi connectivity index (χ0n) is 42.1. The third-order valence-corrected chi connectivity index (χ3v) is 14.9. The number of carboxylic acids is 5. The van der Waals surface area contributed by atoms with Gasteiger partial charge in [0.05, 0.1) is 12.5 Å². The van der Waals surface area contributed by atoms with Gasteiger partial charge in [0.2, 0.25) is 35.3 Å². The highest BCUT2D eigenvalue weighted by Crippen LogP contribution is 2.43. The summed E-state index contributed by atoms with van der Waals surface area (Å²) in [6, 6.07) is -1.27. The molecular weight excluding hydrogens is 1330 g/mol. The van der Waals surface area contributed by atoms with E-state index in [9.17, 15) is 65.5 Å². The molecule has 2 amide bonds. The van der Waals surface area contributed by atoms with Crippen LogP contribution in [0, 0.1) is 22.7 Å². The average Bonchev–Trinajstić information content (AvgIpc) is 3.29. The summed E-state index contributed by atoms with van der Waals surface area (Å²) in [7, 11) is -27.3. The van der Waals surface area contributed by atoms with Crippen molar-refractivity contribution in [1.29, 1.82) is 10.5 Å². The fourth-order valence-corrected chi connectivity index (χ4v) is 8.90. The molecule has 0 fully saturated rings. The van der Waals surface area contributed by atoms with Crippen molar-refractivity contribution >= 4 is 129 Å². The Kier molecular flexibility index (Phi) is 51.0. The smallest absolute Gasteiger partial charge is 0.481 e. The number of hydrogen-bond donors (Lipinski definition) is 26. The number of nitrogens with one attached hydrogen (secondary N) is 2. The molecule has 482 valence electrons. The number of oxime groups is 2. The monoisotopic (exact) mass is 1390 g/mol. The van der Waals surface area contributed by atoms with Gasteiger partial charge in [0, 0.05) is 31.8 Å². The molecule has 0 radical (unpaired) electrons. The van der Waals surface area contributed by atoms with Crippen molar-refractivity contribution in [2.24, 2.45) is 16.0 Å². The molecule has 53 heteroatoms. The number of carbonyl (C=O) groups excluding carboxylic acids is 2. The summed E-state index contributed by atoms with van der Waals surface area (Å²) in [6.07, 6.45) is -3.50. The maximum absolute atomic E-state index is 10.8. The predicted octanol–water partition coefficient (Wildman–Crippen LogP) is -5.01. The standard InChI is InChI=1S/C7H13N2O8PS.C7H13N2O7PS.C5H7O7P.C4H8NO4P.C3H9O4P.C2H4NO4P.C2H4NO3P/c1-3(10)8-4(6(11)12)2-19-5(9-14)7(13)18(15,16)17;1-4(10)8-5(7(11)12)3-18-6(9-13)2-17(14,15)16;6-3(7)1-5(10,4(8)9)2-13(11)12;5-3(4(6)7)1-2-10(8)9;1-2-3(4)8(5,6)7;3-1-2(4)8(5,6)7;3-1-2-7(4,5)6/h4,7,13-14H,2H2,1H3,(H,8,10)(H,11,12)(H2,15,16,17);5,13H,2-3H2,1H3,(H,8,10)(H,11,12)(H2,14,15,16);10H,1-2H2,(H2-,6,7,8,9,11,12);3H,1-2,5H2,(H-,6,7,8,9);3-4H,2H2,1H3,(H2,5,6,7);2,4H,(H2,5,6,7);2H2,(H2,4,5,6)/p+2/t;5-;;;;;/m.0...../s1. The molecule has 0 aromatic heterocycles. The highest BCUT2D eigenvalue weighted by atomic mass is 32.2. The first-order valence-electron chi connectivity index (χ1n) is 20.3. The minimum Gasteiger partial charge on any atom is -0.481 e. The first-order valence-corrected chi connectivity index (χ1v) is 33.7. The fraction of sp³-hybridized carbons (Fsp3) is 0.633. The van der Waals surface area contributed by atoms with Gasteiger partial charge in [0.1, 0.15) is 41.6 Å². The summed E-state index contributed by atoms with van der Waals surface area (Å²) in [5.41, 5.74) is 2.35. The Morgan fingerprint density at radius 3 is 1.29 bits per heavy atom. The van der Waals surface area contributed by atoms with E-state index in [2.05, 4.69) is 20.9 Å². The number of aliphatic hydroxyl groups excluding tert-OH is 3. The number of aliphatic carboxylic acids is 5. The largest absolute Gasteiger partial charge is 0.509 e. The zero-order valence-corrected chi connectivity index (χ0v) is 50.0. The number of carbonyl (C=O) groups is 7. The van der Waals surface area contributed by atoms with Crippen LogP contribution in [-0.2, 0) is 65.5 Å². The van der Waals surface area contributed by atoms with Gasteiger partial charge < -0.3 is 122 Å². The topological polar surface area (TPSA) is 827 Å². The molecule has 0 aromatic carbocycles. The van der Waals surface area contributed by atoms with E-state index in [-0.39, 0.29) is 35.6 Å². The number of hydrogen-bond acceptors (Lipinski definition) is 27. The number of thioether (sulfide) groups is 2. The summed E-state index contributed by atoms with van der Waals surface area (Å²) in [5, 5.41) is 118. The number of nitrogens with two attached hydrogens (primary N) is 1. The van der Waals surface area contributed by atoms with Crippen LogP contribution in [0.3, 0.4) is 0 Å². The molecule has 44 nitrogen and oxygen atoms in total. The van der Waals surface area contributed by atoms with Gasteiger partial charge in [-0.25, -0.2) is 14.4 Å². The Hall–Kier alpha value is -4.42. The summed E-state index contributed by atoms with van der Waals surface area (Å²) >= 11 is 1.04. The van der Waals surface area contributed by atoms with E-state index in [4.69, 9.17) is 131 Å². The second-order valence-electron chi connectivity index (χ2n) is 14.3. The van der Waals surface area contributed by atoms with Gasteiger partial charge in [-0.1, -0.05) is 17.2 Å². The van der Waals surface area contributed by atoms with Crippen LogP contribution in [0.15, 0.2) is 10.3 Å². The summed E-state index contributed by atoms with van der Waals surface area (Å²) in [6.45, 7) is 3.73. The molecule has 0 bridgehead atoms. The second kappa shape index (κ2) is 45.9. The van der Waals surface area contributed by atoms with Gasteiger partial charge in [-0.2, -0.15) is 20.3 Å². The van der Waals surface area contributed by atoms with Gasteiger partial charge in [-0.15, -0.1) is 23.5 Å². The summed E-state index contributed by atoms with van der Waals surface area (Å²) in [5.74, 6) is -15.0. The van der Waals surface area contributed by atoms with Crippen LogP contribution in [0.2, 0.25) is 0 Å². The summed E-state index contributed by atoms with van der Waals surface area (Å²) in [4.78, 5) is 173. The SMILES string of the molecule is CC(=O)NC(CSC(=NO)C(O)P(=O)(O)O)C(=O)O.CC(=O)N[C@@H](CSC(CP(=O)(O)O)=NO)C(=O)O.CCC(O)P(=O)(O)O.N#CC(O)P(=O)(O)O.N#CCP(=O)(O)O.NC(CC[P+](=O)O)C(=O)O.O=C(O)CC(O)(C[P+](=O)O)C(=O)O. The first kappa shape index (κ1) is 92.3. The third kappa shape index (κ3) is 60.5. The molecular formula is C30H60N7O37P7S2+2. The minimum absolute atomic E-state index is 0.0427. The number of carboxylic acid groups (broad SMARTS) is 5. The third-order valence-electron chi connectivity index (χ3n) is 6.91. The Morgan fingerprint density at radius 2 is 1.10 bits per heavy atom. The number of amides is 2. The van der Waals surface area contributed by atoms with Gasteiger partial charge in [0.25, 0.3) is 0 Å². The lowest BCUT2D eigenvalue weighted by Gasteiger charge is -2.16. The van der Waals surface area contributed by atoms with Gasteiger partial charge in [-0.05, 0) is 15.6 Å². The molecule has 8 unspecified atom stereocenters. The number of nitrogens with zero attached hydrogens (tertiary/aromatic N) is 4. The molecule has 0 spiro atoms. The van der Waals surface area contributed by atoms with Crippen LogP contribution < -0.4 is 16.4 Å². The van der Waals surface area contributed by atoms with Gasteiger partial charge in [-0.3, -0.25) is 42.0 Å². The maximum Gasteiger partial charge on any atom is 0.509 e. The molecule has 0 heterocycles. The van der Waals surface area contributed by atoms with E-state index in [1.807, 2.05) is 0 Å². The van der Waals surface area contributed by atoms with E-state index in [1.54, 1.807) is 0 Å². The summed E-state index contributed by atoms with van der Waals surface area (Å²) < 4.78 is 71.2. The molecule has 0 aliphatic heterocycles. The zero-order chi connectivity index (χ0) is 67.8. The molecule has 9 atom stereocenters. The van der Waals surface area contributed by atoms with Crippen molar-refractivity contribution < 1.29 is 181 Å². The molecule has 0 saturated heterocycles. The Labute approximate surface area is 475 Å². The van der Waals surface area contributed by atoms with E-state index in [1.165, 1.54) is 13.0 Å². The lowest BCUT2D eigenvalue weighted by atomic mass is 10.0. The van der Waals surface area contributed by atoms with E-state index >= 15 is 0 Å². The highest BCUT2D eigenvalue weighted by molar-refractivity contribution is 8.14. The number of aliphatic hydroxyl groups is 4. The highest BCUT2D eigenvalue weighted by Gasteiger charge is 2.46. The quantitative estimate of drug-likeness (QED) is 0.0102. The van der Waals surface area contributed by atoms with Crippen LogP contribution in [0.1, 0.15) is 40.0 Å². The Bertz CT molecular complexity index is 2500. The second-order valence-corrected chi connectivity index (χ2v) is 27.0. The lowest BCUT2D eigenvalue weighted by molar-refractivity contribution is -0.162. The normalized spacial score (nSPS) is 14.7.